The van der Waals surface area contributed by atoms with Gasteiger partial charge in [0.25, 0.3) is 0 Å². The normalized spacial score (nSPS) is 14.7. The minimum absolute atomic E-state index is 0.217. The van der Waals surface area contributed by atoms with Crippen LogP contribution >= 0.6 is 22.7 Å². The molecule has 1 N–H and O–H groups in total. The number of thiazole rings is 1. The number of carbonyl (C=O) groups is 1. The van der Waals surface area contributed by atoms with E-state index in [-0.39, 0.29) is 5.91 Å². The molecule has 0 atom stereocenters. The zero-order valence-electron chi connectivity index (χ0n) is 17.6. The fourth-order valence-electron chi connectivity index (χ4n) is 3.89. The van der Waals surface area contributed by atoms with Crippen LogP contribution in [0.2, 0.25) is 0 Å². The van der Waals surface area contributed by atoms with E-state index >= 15 is 0 Å². The van der Waals surface area contributed by atoms with Crippen LogP contribution in [0.1, 0.15) is 24.6 Å². The summed E-state index contributed by atoms with van der Waals surface area (Å²) in [6.07, 6.45) is 1.92. The van der Waals surface area contributed by atoms with Crippen LogP contribution in [0.3, 0.4) is 0 Å². The van der Waals surface area contributed by atoms with Crippen molar-refractivity contribution in [1.82, 2.24) is 14.8 Å². The second-order valence-corrected chi connectivity index (χ2v) is 9.51. The minimum atomic E-state index is 0.217. The second kappa shape index (κ2) is 9.17. The number of thiophene rings is 1. The van der Waals surface area contributed by atoms with Gasteiger partial charge in [0, 0.05) is 35.5 Å². The molecule has 1 fully saturated rings. The zero-order chi connectivity index (χ0) is 21.1. The van der Waals surface area contributed by atoms with Crippen LogP contribution in [0.4, 0.5) is 5.69 Å². The summed E-state index contributed by atoms with van der Waals surface area (Å²) in [5.41, 5.74) is 5.15. The molecule has 3 aromatic rings. The molecule has 30 heavy (non-hydrogen) atoms. The van der Waals surface area contributed by atoms with Crippen LogP contribution in [0.15, 0.2) is 29.1 Å². The van der Waals surface area contributed by atoms with Crippen LogP contribution < -0.4 is 5.32 Å². The molecule has 1 saturated heterocycles. The maximum Gasteiger partial charge on any atom is 0.236 e. The van der Waals surface area contributed by atoms with Crippen molar-refractivity contribution in [2.45, 2.75) is 25.8 Å². The number of carbonyl (C=O) groups excluding carboxylic acids is 1. The molecular weight excluding hydrogens is 412 g/mol. The smallest absolute Gasteiger partial charge is 0.236 e. The summed E-state index contributed by atoms with van der Waals surface area (Å²) in [7, 11) is 3.87. The molecular formula is C23H26N4OS2. The molecule has 5 nitrogen and oxygen atoms in total. The van der Waals surface area contributed by atoms with Crippen LogP contribution in [0.5, 0.6) is 0 Å². The molecule has 7 heteroatoms. The number of fused-ring (bicyclic) bond motifs is 1. The number of anilines is 1. The SMILES string of the molecule is CC#Cc1sc2c(NC3CCN(C(=O)CN(C)C)CC3)cccc2c1-c1cscn1. The van der Waals surface area contributed by atoms with E-state index in [4.69, 9.17) is 0 Å². The summed E-state index contributed by atoms with van der Waals surface area (Å²) in [4.78, 5) is 21.8. The quantitative estimate of drug-likeness (QED) is 0.602. The number of rotatable bonds is 5. The third-order valence-corrected chi connectivity index (χ3v) is 7.04. The van der Waals surface area contributed by atoms with E-state index in [9.17, 15) is 4.79 Å². The third-order valence-electron chi connectivity index (χ3n) is 5.30. The molecule has 156 valence electrons. The average Bonchev–Trinajstić information content (AvgIpc) is 3.36. The first-order chi connectivity index (χ1) is 14.6. The van der Waals surface area contributed by atoms with Crippen molar-refractivity contribution >= 4 is 44.4 Å². The van der Waals surface area contributed by atoms with Crippen LogP contribution in [-0.2, 0) is 4.79 Å². The Morgan fingerprint density at radius 3 is 2.80 bits per heavy atom. The van der Waals surface area contributed by atoms with E-state index in [0.717, 1.165) is 47.8 Å². The van der Waals surface area contributed by atoms with Gasteiger partial charge in [-0.05, 0) is 39.9 Å². The molecule has 0 bridgehead atoms. The van der Waals surface area contributed by atoms with E-state index in [1.165, 1.54) is 10.1 Å². The highest BCUT2D eigenvalue weighted by Gasteiger charge is 2.24. The largest absolute Gasteiger partial charge is 0.381 e. The van der Waals surface area contributed by atoms with Gasteiger partial charge in [-0.1, -0.05) is 18.1 Å². The third kappa shape index (κ3) is 4.36. The molecule has 1 aromatic carbocycles. The standard InChI is InChI=1S/C23H26N4OS2/c1-4-6-20-22(19-14-29-15-24-19)17-7-5-8-18(23(17)30-20)25-16-9-11-27(12-10-16)21(28)13-26(2)3/h5,7-8,14-16,25H,9-13H2,1-3H3. The van der Waals surface area contributed by atoms with E-state index < -0.39 is 0 Å². The number of likely N-dealkylation sites (tertiary alicyclic amines) is 1. The highest BCUT2D eigenvalue weighted by molar-refractivity contribution is 7.21. The first-order valence-electron chi connectivity index (χ1n) is 10.1. The number of likely N-dealkylation sites (N-methyl/N-ethyl adjacent to an activating group) is 1. The molecule has 2 aromatic heterocycles. The Balaban J connectivity index is 1.55. The fraction of sp³-hybridized carbons (Fsp3) is 0.391. The van der Waals surface area contributed by atoms with Gasteiger partial charge in [0.2, 0.25) is 5.91 Å². The van der Waals surface area contributed by atoms with Crippen LogP contribution in [0, 0.1) is 11.8 Å². The minimum Gasteiger partial charge on any atom is -0.381 e. The molecule has 0 unspecified atom stereocenters. The number of nitrogens with zero attached hydrogens (tertiary/aromatic N) is 3. The Kier molecular flexibility index (Phi) is 6.38. The predicted molar refractivity (Wildman–Crippen MR) is 127 cm³/mol. The fourth-order valence-corrected chi connectivity index (χ4v) is 5.62. The first-order valence-corrected chi connectivity index (χ1v) is 11.9. The number of amides is 1. The first kappa shape index (κ1) is 20.9. The predicted octanol–water partition coefficient (Wildman–Crippen LogP) is 4.36. The summed E-state index contributed by atoms with van der Waals surface area (Å²) in [6, 6.07) is 6.78. The lowest BCUT2D eigenvalue weighted by Crippen LogP contribution is -2.45. The lowest BCUT2D eigenvalue weighted by Gasteiger charge is -2.33. The monoisotopic (exact) mass is 438 g/mol. The number of hydrogen-bond acceptors (Lipinski definition) is 6. The molecule has 0 saturated carbocycles. The van der Waals surface area contributed by atoms with Crippen molar-refractivity contribution < 1.29 is 4.79 Å². The number of nitrogens with one attached hydrogen (secondary N) is 1. The van der Waals surface area contributed by atoms with Crippen LogP contribution in [-0.4, -0.2) is 60.5 Å². The highest BCUT2D eigenvalue weighted by Crippen LogP contribution is 2.42. The van der Waals surface area contributed by atoms with Gasteiger partial charge in [-0.15, -0.1) is 28.6 Å². The van der Waals surface area contributed by atoms with Gasteiger partial charge in [-0.2, -0.15) is 0 Å². The number of aromatic nitrogens is 1. The van der Waals surface area contributed by atoms with E-state index in [2.05, 4.69) is 45.7 Å². The van der Waals surface area contributed by atoms with Crippen molar-refractivity contribution in [1.29, 1.82) is 0 Å². The number of hydrogen-bond donors (Lipinski definition) is 1. The maximum atomic E-state index is 12.3. The molecule has 1 aliphatic rings. The Morgan fingerprint density at radius 2 is 2.13 bits per heavy atom. The summed E-state index contributed by atoms with van der Waals surface area (Å²) in [5, 5.41) is 7.04. The topological polar surface area (TPSA) is 48.5 Å². The summed E-state index contributed by atoms with van der Waals surface area (Å²) >= 11 is 3.34. The Bertz CT molecular complexity index is 1080. The molecule has 1 amide bonds. The molecule has 0 spiro atoms. The molecule has 1 aliphatic heterocycles. The summed E-state index contributed by atoms with van der Waals surface area (Å²) < 4.78 is 1.23. The average molecular weight is 439 g/mol. The highest BCUT2D eigenvalue weighted by atomic mass is 32.1. The van der Waals surface area contributed by atoms with Crippen molar-refractivity contribution in [3.05, 3.63) is 34.0 Å². The Hall–Kier alpha value is -2.40. The lowest BCUT2D eigenvalue weighted by atomic mass is 10.0. The summed E-state index contributed by atoms with van der Waals surface area (Å²) in [5.74, 6) is 6.54. The van der Waals surface area contributed by atoms with E-state index in [1.54, 1.807) is 22.7 Å². The summed E-state index contributed by atoms with van der Waals surface area (Å²) in [6.45, 7) is 3.97. The lowest BCUT2D eigenvalue weighted by molar-refractivity contribution is -0.132. The van der Waals surface area contributed by atoms with Gasteiger partial charge >= 0.3 is 0 Å². The van der Waals surface area contributed by atoms with Gasteiger partial charge in [-0.25, -0.2) is 4.98 Å². The molecule has 0 radical (unpaired) electrons. The van der Waals surface area contributed by atoms with Crippen molar-refractivity contribution in [3.8, 4) is 23.1 Å². The van der Waals surface area contributed by atoms with Crippen molar-refractivity contribution in [2.24, 2.45) is 0 Å². The van der Waals surface area contributed by atoms with Gasteiger partial charge in [-0.3, -0.25) is 4.79 Å². The van der Waals surface area contributed by atoms with Crippen LogP contribution in [0.25, 0.3) is 21.3 Å². The maximum absolute atomic E-state index is 12.3. The number of piperidine rings is 1. The van der Waals surface area contributed by atoms with E-state index in [0.29, 0.717) is 12.6 Å². The second-order valence-electron chi connectivity index (χ2n) is 7.77. The van der Waals surface area contributed by atoms with Crippen molar-refractivity contribution in [3.63, 3.8) is 0 Å². The molecule has 3 heterocycles. The Morgan fingerprint density at radius 1 is 1.33 bits per heavy atom. The van der Waals surface area contributed by atoms with Gasteiger partial charge in [0.15, 0.2) is 0 Å². The molecule has 4 rings (SSSR count). The molecule has 0 aliphatic carbocycles. The van der Waals surface area contributed by atoms with Gasteiger partial charge in [0.05, 0.1) is 33.0 Å². The van der Waals surface area contributed by atoms with E-state index in [1.807, 2.05) is 36.3 Å². The Labute approximate surface area is 185 Å². The van der Waals surface area contributed by atoms with Gasteiger partial charge in [0.1, 0.15) is 0 Å². The number of benzene rings is 1. The van der Waals surface area contributed by atoms with Crippen molar-refractivity contribution in [2.75, 3.05) is 39.0 Å². The zero-order valence-corrected chi connectivity index (χ0v) is 19.2. The van der Waals surface area contributed by atoms with Gasteiger partial charge < -0.3 is 15.1 Å².